The van der Waals surface area contributed by atoms with Gasteiger partial charge in [0.15, 0.2) is 6.10 Å². The Bertz CT molecular complexity index is 439. The summed E-state index contributed by atoms with van der Waals surface area (Å²) in [6, 6.07) is 7.30. The summed E-state index contributed by atoms with van der Waals surface area (Å²) in [7, 11) is -0.898. The lowest BCUT2D eigenvalue weighted by Crippen LogP contribution is -2.38. The Morgan fingerprint density at radius 1 is 1.56 bits per heavy atom. The van der Waals surface area contributed by atoms with Gasteiger partial charge in [-0.15, -0.1) is 0 Å². The molecule has 1 aromatic rings. The van der Waals surface area contributed by atoms with Crippen LogP contribution in [0.15, 0.2) is 28.7 Å². The van der Waals surface area contributed by atoms with E-state index in [4.69, 9.17) is 4.74 Å². The first-order chi connectivity index (χ1) is 8.49. The molecule has 0 saturated heterocycles. The normalized spacial score (nSPS) is 13.7. The van der Waals surface area contributed by atoms with E-state index in [1.54, 1.807) is 25.3 Å². The summed E-state index contributed by atoms with van der Waals surface area (Å²) < 4.78 is 17.2. The molecule has 2 atom stereocenters. The Kier molecular flexibility index (Phi) is 6.35. The van der Waals surface area contributed by atoms with Crippen molar-refractivity contribution in [1.29, 1.82) is 0 Å². The minimum atomic E-state index is -0.898. The summed E-state index contributed by atoms with van der Waals surface area (Å²) in [5, 5.41) is 2.68. The first-order valence-corrected chi connectivity index (χ1v) is 8.01. The van der Waals surface area contributed by atoms with Gasteiger partial charge in [-0.2, -0.15) is 0 Å². The summed E-state index contributed by atoms with van der Waals surface area (Å²) in [5.41, 5.74) is 0. The summed E-state index contributed by atoms with van der Waals surface area (Å²) in [6.07, 6.45) is 1.03. The third-order valence-corrected chi connectivity index (χ3v) is 3.44. The molecule has 0 radical (unpaired) electrons. The number of carbonyl (C=O) groups is 1. The molecular formula is C12H16BrNO3S. The van der Waals surface area contributed by atoms with Gasteiger partial charge in [-0.05, 0) is 25.1 Å². The van der Waals surface area contributed by atoms with Crippen molar-refractivity contribution in [3.63, 3.8) is 0 Å². The molecule has 0 aliphatic heterocycles. The largest absolute Gasteiger partial charge is 0.481 e. The SMILES string of the molecule is CC(Oc1cccc(Br)c1)C(=O)NCCS(C)=O. The summed E-state index contributed by atoms with van der Waals surface area (Å²) in [5.74, 6) is 0.876. The highest BCUT2D eigenvalue weighted by Crippen LogP contribution is 2.18. The number of hydrogen-bond acceptors (Lipinski definition) is 3. The van der Waals surface area contributed by atoms with Gasteiger partial charge < -0.3 is 10.1 Å². The first kappa shape index (κ1) is 15.2. The molecule has 6 heteroatoms. The van der Waals surface area contributed by atoms with Crippen molar-refractivity contribution in [2.75, 3.05) is 18.6 Å². The standard InChI is InChI=1S/C12H16BrNO3S/c1-9(12(15)14-6-7-18(2)16)17-11-5-3-4-10(13)8-11/h3-5,8-9H,6-7H2,1-2H3,(H,14,15). The van der Waals surface area contributed by atoms with E-state index >= 15 is 0 Å². The molecule has 2 unspecified atom stereocenters. The number of rotatable bonds is 6. The summed E-state index contributed by atoms with van der Waals surface area (Å²) in [6.45, 7) is 2.08. The molecule has 1 rings (SSSR count). The molecule has 0 spiro atoms. The van der Waals surface area contributed by atoms with Crippen molar-refractivity contribution in [2.45, 2.75) is 13.0 Å². The maximum absolute atomic E-state index is 11.7. The smallest absolute Gasteiger partial charge is 0.260 e. The second-order valence-corrected chi connectivity index (χ2v) is 6.26. The average molecular weight is 334 g/mol. The Labute approximate surface area is 118 Å². The van der Waals surface area contributed by atoms with Crippen molar-refractivity contribution in [1.82, 2.24) is 5.32 Å². The molecule has 1 N–H and O–H groups in total. The van der Waals surface area contributed by atoms with Gasteiger partial charge in [0.1, 0.15) is 5.75 Å². The van der Waals surface area contributed by atoms with Crippen LogP contribution in [0.1, 0.15) is 6.92 Å². The molecule has 0 fully saturated rings. The summed E-state index contributed by atoms with van der Waals surface area (Å²) in [4.78, 5) is 11.7. The number of amides is 1. The minimum absolute atomic E-state index is 0.208. The van der Waals surface area contributed by atoms with Crippen LogP contribution in [0.2, 0.25) is 0 Å². The maximum Gasteiger partial charge on any atom is 0.260 e. The van der Waals surface area contributed by atoms with Crippen molar-refractivity contribution in [2.24, 2.45) is 0 Å². The second kappa shape index (κ2) is 7.53. The zero-order chi connectivity index (χ0) is 13.5. The lowest BCUT2D eigenvalue weighted by atomic mass is 10.3. The van der Waals surface area contributed by atoms with Crippen LogP contribution < -0.4 is 10.1 Å². The average Bonchev–Trinajstić information content (AvgIpc) is 2.28. The molecule has 0 heterocycles. The highest BCUT2D eigenvalue weighted by molar-refractivity contribution is 9.10. The van der Waals surface area contributed by atoms with E-state index < -0.39 is 16.9 Å². The van der Waals surface area contributed by atoms with E-state index in [2.05, 4.69) is 21.2 Å². The lowest BCUT2D eigenvalue weighted by Gasteiger charge is -2.14. The van der Waals surface area contributed by atoms with Gasteiger partial charge in [-0.25, -0.2) is 0 Å². The fourth-order valence-electron chi connectivity index (χ4n) is 1.26. The quantitative estimate of drug-likeness (QED) is 0.862. The van der Waals surface area contributed by atoms with Crippen LogP contribution in [-0.4, -0.2) is 34.8 Å². The number of ether oxygens (including phenoxy) is 1. The molecule has 4 nitrogen and oxygen atoms in total. The molecule has 18 heavy (non-hydrogen) atoms. The van der Waals surface area contributed by atoms with Crippen molar-refractivity contribution < 1.29 is 13.7 Å². The van der Waals surface area contributed by atoms with Crippen molar-refractivity contribution in [3.8, 4) is 5.75 Å². The van der Waals surface area contributed by atoms with Gasteiger partial charge in [0.05, 0.1) is 0 Å². The highest BCUT2D eigenvalue weighted by atomic mass is 79.9. The minimum Gasteiger partial charge on any atom is -0.481 e. The van der Waals surface area contributed by atoms with Crippen molar-refractivity contribution in [3.05, 3.63) is 28.7 Å². The van der Waals surface area contributed by atoms with E-state index in [1.807, 2.05) is 12.1 Å². The topological polar surface area (TPSA) is 55.4 Å². The predicted octanol–water partition coefficient (Wildman–Crippen LogP) is 1.71. The maximum atomic E-state index is 11.7. The summed E-state index contributed by atoms with van der Waals surface area (Å²) >= 11 is 3.33. The van der Waals surface area contributed by atoms with Crippen LogP contribution in [-0.2, 0) is 15.6 Å². The third kappa shape index (κ3) is 5.64. The van der Waals surface area contributed by atoms with E-state index in [-0.39, 0.29) is 5.91 Å². The molecule has 1 aromatic carbocycles. The molecule has 0 saturated carbocycles. The third-order valence-electron chi connectivity index (χ3n) is 2.17. The predicted molar refractivity (Wildman–Crippen MR) is 76.2 cm³/mol. The molecule has 1 amide bonds. The van der Waals surface area contributed by atoms with Crippen LogP contribution in [0.5, 0.6) is 5.75 Å². The van der Waals surface area contributed by atoms with Gasteiger partial charge in [-0.1, -0.05) is 22.0 Å². The Morgan fingerprint density at radius 3 is 2.89 bits per heavy atom. The molecule has 0 aliphatic rings. The van der Waals surface area contributed by atoms with Gasteiger partial charge in [0.2, 0.25) is 0 Å². The number of benzene rings is 1. The van der Waals surface area contributed by atoms with E-state index in [9.17, 15) is 9.00 Å². The van der Waals surface area contributed by atoms with E-state index in [0.717, 1.165) is 4.47 Å². The van der Waals surface area contributed by atoms with Gasteiger partial charge >= 0.3 is 0 Å². The molecule has 100 valence electrons. The molecular weight excluding hydrogens is 318 g/mol. The Balaban J connectivity index is 2.42. The number of nitrogens with one attached hydrogen (secondary N) is 1. The molecule has 0 aliphatic carbocycles. The molecule has 0 aromatic heterocycles. The van der Waals surface area contributed by atoms with Crippen LogP contribution in [0, 0.1) is 0 Å². The first-order valence-electron chi connectivity index (χ1n) is 5.49. The van der Waals surface area contributed by atoms with Gasteiger partial charge in [-0.3, -0.25) is 9.00 Å². The lowest BCUT2D eigenvalue weighted by molar-refractivity contribution is -0.127. The number of halogens is 1. The number of hydrogen-bond donors (Lipinski definition) is 1. The Hall–Kier alpha value is -0.880. The zero-order valence-electron chi connectivity index (χ0n) is 10.3. The van der Waals surface area contributed by atoms with Crippen LogP contribution in [0.25, 0.3) is 0 Å². The van der Waals surface area contributed by atoms with E-state index in [0.29, 0.717) is 18.0 Å². The number of carbonyl (C=O) groups excluding carboxylic acids is 1. The molecule has 0 bridgehead atoms. The van der Waals surface area contributed by atoms with Gasteiger partial charge in [0, 0.05) is 33.8 Å². The van der Waals surface area contributed by atoms with Crippen molar-refractivity contribution >= 4 is 32.6 Å². The van der Waals surface area contributed by atoms with E-state index in [1.165, 1.54) is 0 Å². The fraction of sp³-hybridized carbons (Fsp3) is 0.417. The zero-order valence-corrected chi connectivity index (χ0v) is 12.7. The highest BCUT2D eigenvalue weighted by Gasteiger charge is 2.14. The van der Waals surface area contributed by atoms with Crippen LogP contribution >= 0.6 is 15.9 Å². The second-order valence-electron chi connectivity index (χ2n) is 3.79. The van der Waals surface area contributed by atoms with Gasteiger partial charge in [0.25, 0.3) is 5.91 Å². The Morgan fingerprint density at radius 2 is 2.28 bits per heavy atom. The fourth-order valence-corrected chi connectivity index (χ4v) is 2.03. The van der Waals surface area contributed by atoms with Crippen LogP contribution in [0.3, 0.4) is 0 Å². The monoisotopic (exact) mass is 333 g/mol. The van der Waals surface area contributed by atoms with Crippen LogP contribution in [0.4, 0.5) is 0 Å².